The Morgan fingerprint density at radius 3 is 2.68 bits per heavy atom. The number of benzene rings is 1. The first kappa shape index (κ1) is 29.4. The Balaban J connectivity index is 1.33. The fourth-order valence-electron chi connectivity index (χ4n) is 7.69. The first-order valence-electron chi connectivity index (χ1n) is 15.6. The van der Waals surface area contributed by atoms with Crippen LogP contribution in [0.3, 0.4) is 0 Å². The number of unbranched alkanes of at least 4 members (excludes halogenated alkanes) is 2. The molecule has 5 heteroatoms. The SMILES string of the molecule is CCCCC[C@@H](O)CC[C@@H]1[C@H]2Cc3cccc(OCC(=O)O[C@@H]4C[C@H](C)CC[C@H]4C(C)C)c3C[C@H]2C[C@H]1O. The number of aliphatic hydroxyl groups is 2. The van der Waals surface area contributed by atoms with Gasteiger partial charge in [-0.25, -0.2) is 4.79 Å². The zero-order valence-corrected chi connectivity index (χ0v) is 24.2. The van der Waals surface area contributed by atoms with Crippen molar-refractivity contribution in [3.63, 3.8) is 0 Å². The largest absolute Gasteiger partial charge is 0.482 e. The van der Waals surface area contributed by atoms with Crippen molar-refractivity contribution in [1.82, 2.24) is 0 Å². The molecule has 4 rings (SSSR count). The summed E-state index contributed by atoms with van der Waals surface area (Å²) in [6.07, 6.45) is 11.3. The minimum atomic E-state index is -0.298. The average molecular weight is 529 g/mol. The molecule has 38 heavy (non-hydrogen) atoms. The summed E-state index contributed by atoms with van der Waals surface area (Å²) in [5.41, 5.74) is 2.47. The van der Waals surface area contributed by atoms with Crippen LogP contribution in [-0.4, -0.2) is 41.1 Å². The van der Waals surface area contributed by atoms with Crippen LogP contribution in [0.4, 0.5) is 0 Å². The quantitative estimate of drug-likeness (QED) is 0.239. The van der Waals surface area contributed by atoms with Crippen molar-refractivity contribution in [3.8, 4) is 5.75 Å². The molecule has 5 nitrogen and oxygen atoms in total. The Hall–Kier alpha value is -1.59. The molecule has 3 aliphatic rings. The van der Waals surface area contributed by atoms with Gasteiger partial charge in [-0.15, -0.1) is 0 Å². The van der Waals surface area contributed by atoms with Crippen molar-refractivity contribution in [3.05, 3.63) is 29.3 Å². The van der Waals surface area contributed by atoms with E-state index in [0.717, 1.165) is 63.5 Å². The summed E-state index contributed by atoms with van der Waals surface area (Å²) in [5, 5.41) is 21.4. The van der Waals surface area contributed by atoms with E-state index in [1.165, 1.54) is 30.4 Å². The summed E-state index contributed by atoms with van der Waals surface area (Å²) in [7, 11) is 0. The molecule has 2 saturated carbocycles. The highest BCUT2D eigenvalue weighted by atomic mass is 16.6. The molecule has 0 aliphatic heterocycles. The molecular formula is C33H52O5. The first-order valence-corrected chi connectivity index (χ1v) is 15.6. The Morgan fingerprint density at radius 2 is 1.92 bits per heavy atom. The number of esters is 1. The molecule has 0 bridgehead atoms. The van der Waals surface area contributed by atoms with Gasteiger partial charge in [-0.1, -0.05) is 65.5 Å². The van der Waals surface area contributed by atoms with Gasteiger partial charge in [0.25, 0.3) is 0 Å². The van der Waals surface area contributed by atoms with Gasteiger partial charge < -0.3 is 19.7 Å². The van der Waals surface area contributed by atoms with Crippen LogP contribution in [0.1, 0.15) is 103 Å². The highest BCUT2D eigenvalue weighted by Crippen LogP contribution is 2.48. The van der Waals surface area contributed by atoms with Crippen molar-refractivity contribution < 1.29 is 24.5 Å². The lowest BCUT2D eigenvalue weighted by Gasteiger charge is -2.36. The van der Waals surface area contributed by atoms with Crippen LogP contribution in [0.25, 0.3) is 0 Å². The predicted molar refractivity (Wildman–Crippen MR) is 151 cm³/mol. The molecule has 0 unspecified atom stereocenters. The van der Waals surface area contributed by atoms with Crippen LogP contribution in [-0.2, 0) is 22.4 Å². The van der Waals surface area contributed by atoms with Gasteiger partial charge >= 0.3 is 5.97 Å². The first-order chi connectivity index (χ1) is 18.3. The third kappa shape index (κ3) is 7.33. The van der Waals surface area contributed by atoms with Crippen molar-refractivity contribution in [2.75, 3.05) is 6.61 Å². The smallest absolute Gasteiger partial charge is 0.344 e. The molecule has 1 aromatic carbocycles. The second-order valence-electron chi connectivity index (χ2n) is 13.1. The van der Waals surface area contributed by atoms with E-state index in [1.807, 2.05) is 12.1 Å². The summed E-state index contributed by atoms with van der Waals surface area (Å²) < 4.78 is 12.0. The average Bonchev–Trinajstić information content (AvgIpc) is 3.18. The maximum absolute atomic E-state index is 12.8. The molecule has 2 N–H and O–H groups in total. The maximum Gasteiger partial charge on any atom is 0.344 e. The maximum atomic E-state index is 12.8. The van der Waals surface area contributed by atoms with E-state index < -0.39 is 0 Å². The van der Waals surface area contributed by atoms with E-state index in [2.05, 4.69) is 33.8 Å². The van der Waals surface area contributed by atoms with Crippen LogP contribution < -0.4 is 4.74 Å². The van der Waals surface area contributed by atoms with Crippen LogP contribution >= 0.6 is 0 Å². The van der Waals surface area contributed by atoms with E-state index in [1.54, 1.807) is 0 Å². The fraction of sp³-hybridized carbons (Fsp3) is 0.788. The van der Waals surface area contributed by atoms with Crippen LogP contribution in [0.5, 0.6) is 5.75 Å². The van der Waals surface area contributed by atoms with E-state index >= 15 is 0 Å². The predicted octanol–water partition coefficient (Wildman–Crippen LogP) is 6.50. The summed E-state index contributed by atoms with van der Waals surface area (Å²) in [6, 6.07) is 6.17. The number of carbonyl (C=O) groups excluding carboxylic acids is 1. The molecule has 8 atom stereocenters. The number of aliphatic hydroxyl groups excluding tert-OH is 2. The number of carbonyl (C=O) groups is 1. The Labute approximate surface area is 230 Å². The van der Waals surface area contributed by atoms with Gasteiger partial charge in [0.2, 0.25) is 0 Å². The number of rotatable bonds is 12. The highest BCUT2D eigenvalue weighted by molar-refractivity contribution is 5.71. The molecule has 0 heterocycles. The highest BCUT2D eigenvalue weighted by Gasteiger charge is 2.45. The molecule has 0 saturated heterocycles. The summed E-state index contributed by atoms with van der Waals surface area (Å²) in [4.78, 5) is 12.8. The van der Waals surface area contributed by atoms with Crippen molar-refractivity contribution >= 4 is 5.97 Å². The summed E-state index contributed by atoms with van der Waals surface area (Å²) >= 11 is 0. The Bertz CT molecular complexity index is 897. The summed E-state index contributed by atoms with van der Waals surface area (Å²) in [6.45, 7) is 8.83. The van der Waals surface area contributed by atoms with Crippen molar-refractivity contribution in [1.29, 1.82) is 0 Å². The number of hydrogen-bond acceptors (Lipinski definition) is 5. The standard InChI is InChI=1S/C33H52O5/c1-5-6-7-10-25(34)13-15-27-28-17-23-9-8-11-31(29(23)18-24(28)19-30(27)35)37-20-33(36)38-32-16-22(4)12-14-26(32)21(2)3/h8-9,11,21-22,24-28,30,32,34-35H,5-7,10,12-20H2,1-4H3/t22-,24+,25-,26+,27-,28+,30-,32-/m1/s1. The zero-order chi connectivity index (χ0) is 27.2. The second-order valence-corrected chi connectivity index (χ2v) is 13.1. The molecule has 214 valence electrons. The van der Waals surface area contributed by atoms with Gasteiger partial charge in [0.1, 0.15) is 11.9 Å². The molecule has 3 aliphatic carbocycles. The van der Waals surface area contributed by atoms with Crippen LogP contribution in [0.2, 0.25) is 0 Å². The van der Waals surface area contributed by atoms with Crippen LogP contribution in [0.15, 0.2) is 18.2 Å². The second kappa shape index (κ2) is 13.7. The van der Waals surface area contributed by atoms with Gasteiger partial charge in [-0.05, 0) is 104 Å². The number of hydrogen-bond donors (Lipinski definition) is 2. The minimum absolute atomic E-state index is 0.0117. The van der Waals surface area contributed by atoms with Crippen LogP contribution in [0, 0.1) is 35.5 Å². The molecule has 2 fully saturated rings. The van der Waals surface area contributed by atoms with Gasteiger partial charge in [-0.3, -0.25) is 0 Å². The minimum Gasteiger partial charge on any atom is -0.482 e. The van der Waals surface area contributed by atoms with Gasteiger partial charge in [0, 0.05) is 0 Å². The Kier molecular flexibility index (Phi) is 10.6. The monoisotopic (exact) mass is 528 g/mol. The lowest BCUT2D eigenvalue weighted by molar-refractivity contribution is -0.158. The van der Waals surface area contributed by atoms with Crippen molar-refractivity contribution in [2.45, 2.75) is 123 Å². The fourth-order valence-corrected chi connectivity index (χ4v) is 7.69. The van der Waals surface area contributed by atoms with E-state index in [-0.39, 0.29) is 36.8 Å². The lowest BCUT2D eigenvalue weighted by atomic mass is 9.73. The molecule has 0 spiro atoms. The Morgan fingerprint density at radius 1 is 1.11 bits per heavy atom. The van der Waals surface area contributed by atoms with Crippen molar-refractivity contribution in [2.24, 2.45) is 35.5 Å². The van der Waals surface area contributed by atoms with E-state index in [0.29, 0.717) is 29.6 Å². The molecular weight excluding hydrogens is 476 g/mol. The van der Waals surface area contributed by atoms with Gasteiger partial charge in [-0.2, -0.15) is 0 Å². The third-order valence-electron chi connectivity index (χ3n) is 9.91. The van der Waals surface area contributed by atoms with E-state index in [4.69, 9.17) is 9.47 Å². The van der Waals surface area contributed by atoms with Gasteiger partial charge in [0.05, 0.1) is 12.2 Å². The normalized spacial score (nSPS) is 31.5. The lowest BCUT2D eigenvalue weighted by Crippen LogP contribution is -2.37. The van der Waals surface area contributed by atoms with E-state index in [9.17, 15) is 15.0 Å². The summed E-state index contributed by atoms with van der Waals surface area (Å²) in [5.74, 6) is 3.16. The number of fused-ring (bicyclic) bond motifs is 2. The molecule has 0 amide bonds. The zero-order valence-electron chi connectivity index (χ0n) is 24.2. The third-order valence-corrected chi connectivity index (χ3v) is 9.91. The molecule has 0 aromatic heterocycles. The van der Waals surface area contributed by atoms with Gasteiger partial charge in [0.15, 0.2) is 6.61 Å². The molecule has 0 radical (unpaired) electrons. The number of ether oxygens (including phenoxy) is 2. The topological polar surface area (TPSA) is 76.0 Å². The molecule has 1 aromatic rings.